The number of amides is 1. The fraction of sp³-hybridized carbons (Fsp3) is 0.273. The molecule has 1 aliphatic rings. The number of halogens is 1. The van der Waals surface area contributed by atoms with Gasteiger partial charge in [0.05, 0.1) is 11.3 Å². The van der Waals surface area contributed by atoms with Gasteiger partial charge in [-0.2, -0.15) is 0 Å². The fourth-order valence-electron chi connectivity index (χ4n) is 1.72. The predicted octanol–water partition coefficient (Wildman–Crippen LogP) is 1.92. The zero-order valence-corrected chi connectivity index (χ0v) is 9.87. The summed E-state index contributed by atoms with van der Waals surface area (Å²) in [7, 11) is 0. The molecule has 1 aromatic carbocycles. The summed E-state index contributed by atoms with van der Waals surface area (Å²) in [6.45, 7) is 2.44. The third-order valence-electron chi connectivity index (χ3n) is 2.43. The van der Waals surface area contributed by atoms with E-state index in [9.17, 15) is 9.59 Å². The average Bonchev–Trinajstić information content (AvgIpc) is 2.44. The van der Waals surface area contributed by atoms with Crippen molar-refractivity contribution in [2.45, 2.75) is 6.92 Å². The third kappa shape index (κ3) is 1.59. The molecule has 0 bridgehead atoms. The lowest BCUT2D eigenvalue weighted by Crippen LogP contribution is -2.31. The monoisotopic (exact) mass is 267 g/mol. The van der Waals surface area contributed by atoms with Gasteiger partial charge in [0.1, 0.15) is 0 Å². The molecule has 0 saturated heterocycles. The zero-order chi connectivity index (χ0) is 11.0. The van der Waals surface area contributed by atoms with Crippen molar-refractivity contribution >= 4 is 33.3 Å². The van der Waals surface area contributed by atoms with Gasteiger partial charge in [0.25, 0.3) is 11.7 Å². The predicted molar refractivity (Wildman–Crippen MR) is 61.7 cm³/mol. The summed E-state index contributed by atoms with van der Waals surface area (Å²) in [5, 5.41) is 0.666. The number of nitrogens with zero attached hydrogens (tertiary/aromatic N) is 1. The highest BCUT2D eigenvalue weighted by atomic mass is 79.9. The van der Waals surface area contributed by atoms with E-state index in [0.29, 0.717) is 17.4 Å². The average molecular weight is 268 g/mol. The molecule has 2 rings (SSSR count). The molecule has 0 radical (unpaired) electrons. The Balaban J connectivity index is 2.50. The smallest absolute Gasteiger partial charge is 0.299 e. The zero-order valence-electron chi connectivity index (χ0n) is 8.29. The summed E-state index contributed by atoms with van der Waals surface area (Å²) in [6.07, 6.45) is 0. The van der Waals surface area contributed by atoms with Crippen LogP contribution in [-0.4, -0.2) is 23.6 Å². The lowest BCUT2D eigenvalue weighted by molar-refractivity contribution is -0.114. The van der Waals surface area contributed by atoms with Gasteiger partial charge in [-0.25, -0.2) is 0 Å². The molecule has 1 aromatic rings. The highest BCUT2D eigenvalue weighted by Crippen LogP contribution is 2.29. The van der Waals surface area contributed by atoms with Crippen LogP contribution in [-0.2, 0) is 4.79 Å². The van der Waals surface area contributed by atoms with E-state index in [0.717, 1.165) is 11.3 Å². The van der Waals surface area contributed by atoms with Gasteiger partial charge in [-0.3, -0.25) is 9.59 Å². The quantitative estimate of drug-likeness (QED) is 0.607. The van der Waals surface area contributed by atoms with E-state index < -0.39 is 11.7 Å². The Labute approximate surface area is 96.2 Å². The van der Waals surface area contributed by atoms with E-state index in [4.69, 9.17) is 0 Å². The highest BCUT2D eigenvalue weighted by Gasteiger charge is 2.34. The normalized spacial score (nSPS) is 14.7. The maximum absolute atomic E-state index is 11.6. The number of benzene rings is 1. The molecule has 0 fully saturated rings. The fourth-order valence-corrected chi connectivity index (χ4v) is 2.08. The summed E-state index contributed by atoms with van der Waals surface area (Å²) in [4.78, 5) is 24.8. The number of rotatable bonds is 2. The maximum Gasteiger partial charge on any atom is 0.299 e. The Kier molecular flexibility index (Phi) is 2.61. The first kappa shape index (κ1) is 10.4. The molecule has 0 spiro atoms. The van der Waals surface area contributed by atoms with Gasteiger partial charge < -0.3 is 4.90 Å². The number of aryl methyl sites for hydroxylation is 1. The van der Waals surface area contributed by atoms with Crippen LogP contribution in [0.2, 0.25) is 0 Å². The number of carbonyl (C=O) groups is 2. The summed E-state index contributed by atoms with van der Waals surface area (Å²) in [5.74, 6) is -0.815. The lowest BCUT2D eigenvalue weighted by atomic mass is 10.1. The Bertz CT molecular complexity index is 442. The second kappa shape index (κ2) is 3.77. The highest BCUT2D eigenvalue weighted by molar-refractivity contribution is 9.09. The minimum absolute atomic E-state index is 0.394. The molecule has 1 aliphatic heterocycles. The van der Waals surface area contributed by atoms with Gasteiger partial charge in [-0.15, -0.1) is 0 Å². The molecule has 1 heterocycles. The number of ketones is 1. The van der Waals surface area contributed by atoms with E-state index in [2.05, 4.69) is 15.9 Å². The van der Waals surface area contributed by atoms with E-state index in [1.165, 1.54) is 4.90 Å². The molecular weight excluding hydrogens is 258 g/mol. The first-order chi connectivity index (χ1) is 7.15. The molecule has 4 heteroatoms. The minimum atomic E-state index is -0.421. The van der Waals surface area contributed by atoms with Gasteiger partial charge in [-0.1, -0.05) is 27.6 Å². The number of hydrogen-bond acceptors (Lipinski definition) is 2. The van der Waals surface area contributed by atoms with Crippen LogP contribution in [0.5, 0.6) is 0 Å². The van der Waals surface area contributed by atoms with Crippen molar-refractivity contribution in [1.29, 1.82) is 0 Å². The van der Waals surface area contributed by atoms with Crippen LogP contribution in [0.3, 0.4) is 0 Å². The third-order valence-corrected chi connectivity index (χ3v) is 2.79. The first-order valence-electron chi connectivity index (χ1n) is 4.68. The molecule has 0 saturated carbocycles. The summed E-state index contributed by atoms with van der Waals surface area (Å²) in [6, 6.07) is 5.51. The molecule has 15 heavy (non-hydrogen) atoms. The standard InChI is InChI=1S/C11H10BrNO2/c1-7-2-3-9-8(6-7)10(14)11(15)13(9)5-4-12/h2-3,6H,4-5H2,1H3. The van der Waals surface area contributed by atoms with Crippen LogP contribution in [0, 0.1) is 6.92 Å². The van der Waals surface area contributed by atoms with Crippen molar-refractivity contribution in [2.75, 3.05) is 16.8 Å². The summed E-state index contributed by atoms with van der Waals surface area (Å²) >= 11 is 3.27. The van der Waals surface area contributed by atoms with Crippen molar-refractivity contribution in [3.8, 4) is 0 Å². The van der Waals surface area contributed by atoms with Crippen molar-refractivity contribution in [3.05, 3.63) is 29.3 Å². The van der Waals surface area contributed by atoms with Gasteiger partial charge in [0, 0.05) is 11.9 Å². The van der Waals surface area contributed by atoms with Crippen LogP contribution in [0.15, 0.2) is 18.2 Å². The molecular formula is C11H10BrNO2. The number of carbonyl (C=O) groups excluding carboxylic acids is 2. The molecule has 1 amide bonds. The Morgan fingerprint density at radius 1 is 1.33 bits per heavy atom. The maximum atomic E-state index is 11.6. The second-order valence-electron chi connectivity index (χ2n) is 3.50. The molecule has 0 atom stereocenters. The van der Waals surface area contributed by atoms with Crippen LogP contribution in [0.25, 0.3) is 0 Å². The summed E-state index contributed by atoms with van der Waals surface area (Å²) < 4.78 is 0. The molecule has 0 aromatic heterocycles. The summed E-state index contributed by atoms with van der Waals surface area (Å²) in [5.41, 5.74) is 2.26. The van der Waals surface area contributed by atoms with Gasteiger partial charge in [-0.05, 0) is 19.1 Å². The number of alkyl halides is 1. The van der Waals surface area contributed by atoms with Crippen molar-refractivity contribution in [1.82, 2.24) is 0 Å². The largest absolute Gasteiger partial charge is 0.304 e. The number of Topliss-reactive ketones (excluding diaryl/α,β-unsaturated/α-hetero) is 1. The van der Waals surface area contributed by atoms with E-state index in [-0.39, 0.29) is 0 Å². The Morgan fingerprint density at radius 3 is 2.73 bits per heavy atom. The minimum Gasteiger partial charge on any atom is -0.304 e. The Hall–Kier alpha value is -1.16. The van der Waals surface area contributed by atoms with Gasteiger partial charge in [0.2, 0.25) is 0 Å². The number of hydrogen-bond donors (Lipinski definition) is 0. The van der Waals surface area contributed by atoms with E-state index in [1.807, 2.05) is 19.1 Å². The van der Waals surface area contributed by atoms with E-state index >= 15 is 0 Å². The van der Waals surface area contributed by atoms with Crippen LogP contribution in [0.4, 0.5) is 5.69 Å². The van der Waals surface area contributed by atoms with Crippen molar-refractivity contribution in [2.24, 2.45) is 0 Å². The van der Waals surface area contributed by atoms with E-state index in [1.54, 1.807) is 6.07 Å². The molecule has 0 N–H and O–H groups in total. The molecule has 78 valence electrons. The number of anilines is 1. The Morgan fingerprint density at radius 2 is 2.07 bits per heavy atom. The van der Waals surface area contributed by atoms with Gasteiger partial charge in [0.15, 0.2) is 0 Å². The SMILES string of the molecule is Cc1ccc2c(c1)C(=O)C(=O)N2CCBr. The van der Waals surface area contributed by atoms with Crippen LogP contribution < -0.4 is 4.90 Å². The molecule has 0 unspecified atom stereocenters. The van der Waals surface area contributed by atoms with Crippen molar-refractivity contribution in [3.63, 3.8) is 0 Å². The molecule has 0 aliphatic carbocycles. The van der Waals surface area contributed by atoms with Gasteiger partial charge >= 0.3 is 0 Å². The second-order valence-corrected chi connectivity index (χ2v) is 4.29. The number of fused-ring (bicyclic) bond motifs is 1. The lowest BCUT2D eigenvalue weighted by Gasteiger charge is -2.14. The first-order valence-corrected chi connectivity index (χ1v) is 5.80. The van der Waals surface area contributed by atoms with Crippen molar-refractivity contribution < 1.29 is 9.59 Å². The van der Waals surface area contributed by atoms with Crippen LogP contribution in [0.1, 0.15) is 15.9 Å². The van der Waals surface area contributed by atoms with Crippen LogP contribution >= 0.6 is 15.9 Å². The topological polar surface area (TPSA) is 37.4 Å². The molecule has 3 nitrogen and oxygen atoms in total.